The summed E-state index contributed by atoms with van der Waals surface area (Å²) in [5.41, 5.74) is 9.24. The standard InChI is InChI=1S/C24H21ClN4O2/c25-20-11-9-18(10-12-20)24(31)28-14-19-3-1-2-4-21(19)29(22(30)15-28)13-16-5-7-17(8-6-16)23(26)27/h1-12H,13-15H2,(H3,26,27). The molecule has 0 aliphatic carbocycles. The Hall–Kier alpha value is -3.64. The maximum atomic E-state index is 13.2. The van der Waals surface area contributed by atoms with Gasteiger partial charge in [0, 0.05) is 28.4 Å². The first-order valence-electron chi connectivity index (χ1n) is 9.79. The van der Waals surface area contributed by atoms with Crippen LogP contribution in [0.3, 0.4) is 0 Å². The first-order chi connectivity index (χ1) is 14.9. The minimum atomic E-state index is -0.215. The number of nitrogens with two attached hydrogens (primary N) is 1. The lowest BCUT2D eigenvalue weighted by Crippen LogP contribution is -2.39. The number of carbonyl (C=O) groups is 2. The molecule has 0 unspecified atom stereocenters. The van der Waals surface area contributed by atoms with E-state index in [0.29, 0.717) is 29.2 Å². The van der Waals surface area contributed by atoms with Crippen molar-refractivity contribution in [3.05, 3.63) is 100 Å². The van der Waals surface area contributed by atoms with E-state index in [0.717, 1.165) is 16.8 Å². The van der Waals surface area contributed by atoms with Gasteiger partial charge in [-0.1, -0.05) is 54.1 Å². The molecular formula is C24H21ClN4O2. The molecule has 0 radical (unpaired) electrons. The van der Waals surface area contributed by atoms with Gasteiger partial charge in [0.25, 0.3) is 5.91 Å². The summed E-state index contributed by atoms with van der Waals surface area (Å²) >= 11 is 5.94. The van der Waals surface area contributed by atoms with Crippen molar-refractivity contribution in [1.29, 1.82) is 5.41 Å². The van der Waals surface area contributed by atoms with Gasteiger partial charge in [-0.05, 0) is 41.5 Å². The van der Waals surface area contributed by atoms with Gasteiger partial charge in [0.05, 0.1) is 6.54 Å². The monoisotopic (exact) mass is 432 g/mol. The second kappa shape index (κ2) is 8.62. The molecule has 0 saturated carbocycles. The molecular weight excluding hydrogens is 412 g/mol. The Bertz CT molecular complexity index is 1140. The van der Waals surface area contributed by atoms with E-state index in [1.54, 1.807) is 46.2 Å². The summed E-state index contributed by atoms with van der Waals surface area (Å²) in [5, 5.41) is 8.08. The number of carbonyl (C=O) groups excluding carboxylic acids is 2. The predicted octanol–water partition coefficient (Wildman–Crippen LogP) is 3.81. The highest BCUT2D eigenvalue weighted by Crippen LogP contribution is 2.28. The van der Waals surface area contributed by atoms with Crippen LogP contribution in [0.5, 0.6) is 0 Å². The summed E-state index contributed by atoms with van der Waals surface area (Å²) in [5.74, 6) is -0.380. The molecule has 31 heavy (non-hydrogen) atoms. The second-order valence-corrected chi connectivity index (χ2v) is 7.82. The minimum Gasteiger partial charge on any atom is -0.384 e. The van der Waals surface area contributed by atoms with Crippen molar-refractivity contribution in [2.45, 2.75) is 13.1 Å². The molecule has 0 aromatic heterocycles. The molecule has 4 rings (SSSR count). The van der Waals surface area contributed by atoms with E-state index >= 15 is 0 Å². The molecule has 0 fully saturated rings. The van der Waals surface area contributed by atoms with Crippen LogP contribution in [-0.2, 0) is 17.9 Å². The van der Waals surface area contributed by atoms with Gasteiger partial charge in [-0.3, -0.25) is 15.0 Å². The Morgan fingerprint density at radius 1 is 0.935 bits per heavy atom. The number of fused-ring (bicyclic) bond motifs is 1. The fourth-order valence-electron chi connectivity index (χ4n) is 3.62. The SMILES string of the molecule is N=C(N)c1ccc(CN2C(=O)CN(C(=O)c3ccc(Cl)cc3)Cc3ccccc32)cc1. The summed E-state index contributed by atoms with van der Waals surface area (Å²) in [6, 6.07) is 21.5. The summed E-state index contributed by atoms with van der Waals surface area (Å²) in [6.45, 7) is 0.668. The third-order valence-electron chi connectivity index (χ3n) is 5.25. The van der Waals surface area contributed by atoms with E-state index < -0.39 is 0 Å². The van der Waals surface area contributed by atoms with Gasteiger partial charge in [-0.25, -0.2) is 0 Å². The lowest BCUT2D eigenvalue weighted by molar-refractivity contribution is -0.119. The lowest BCUT2D eigenvalue weighted by atomic mass is 10.1. The van der Waals surface area contributed by atoms with E-state index in [1.807, 2.05) is 36.4 Å². The second-order valence-electron chi connectivity index (χ2n) is 7.39. The number of benzene rings is 3. The molecule has 3 aromatic carbocycles. The highest BCUT2D eigenvalue weighted by molar-refractivity contribution is 6.30. The van der Waals surface area contributed by atoms with Crippen molar-refractivity contribution < 1.29 is 9.59 Å². The van der Waals surface area contributed by atoms with Crippen LogP contribution in [0.4, 0.5) is 5.69 Å². The van der Waals surface area contributed by atoms with Crippen LogP contribution >= 0.6 is 11.6 Å². The average molecular weight is 433 g/mol. The molecule has 3 aromatic rings. The van der Waals surface area contributed by atoms with Crippen LogP contribution in [-0.4, -0.2) is 29.1 Å². The van der Waals surface area contributed by atoms with Crippen molar-refractivity contribution in [1.82, 2.24) is 4.90 Å². The van der Waals surface area contributed by atoms with Gasteiger partial charge >= 0.3 is 0 Å². The predicted molar refractivity (Wildman–Crippen MR) is 121 cm³/mol. The third-order valence-corrected chi connectivity index (χ3v) is 5.51. The van der Waals surface area contributed by atoms with Crippen LogP contribution < -0.4 is 10.6 Å². The van der Waals surface area contributed by atoms with E-state index in [1.165, 1.54) is 0 Å². The zero-order chi connectivity index (χ0) is 22.0. The quantitative estimate of drug-likeness (QED) is 0.485. The van der Waals surface area contributed by atoms with Gasteiger partial charge in [-0.2, -0.15) is 0 Å². The normalized spacial score (nSPS) is 13.5. The van der Waals surface area contributed by atoms with Gasteiger partial charge in [-0.15, -0.1) is 0 Å². The molecule has 6 nitrogen and oxygen atoms in total. The number of para-hydroxylation sites is 1. The van der Waals surface area contributed by atoms with E-state index in [4.69, 9.17) is 22.7 Å². The van der Waals surface area contributed by atoms with Gasteiger partial charge < -0.3 is 15.5 Å². The van der Waals surface area contributed by atoms with Crippen LogP contribution in [0.25, 0.3) is 0 Å². The molecule has 0 bridgehead atoms. The third kappa shape index (κ3) is 4.44. The average Bonchev–Trinajstić information content (AvgIpc) is 2.91. The number of amidine groups is 1. The Labute approximate surface area is 185 Å². The molecule has 156 valence electrons. The molecule has 1 aliphatic heterocycles. The lowest BCUT2D eigenvalue weighted by Gasteiger charge is -2.23. The highest BCUT2D eigenvalue weighted by Gasteiger charge is 2.29. The summed E-state index contributed by atoms with van der Waals surface area (Å²) in [7, 11) is 0. The van der Waals surface area contributed by atoms with Crippen LogP contribution in [0.15, 0.2) is 72.8 Å². The molecule has 2 amide bonds. The zero-order valence-corrected chi connectivity index (χ0v) is 17.5. The van der Waals surface area contributed by atoms with Gasteiger partial charge in [0.1, 0.15) is 12.4 Å². The Balaban J connectivity index is 1.63. The number of hydrogen-bond donors (Lipinski definition) is 2. The number of anilines is 1. The summed E-state index contributed by atoms with van der Waals surface area (Å²) in [6.07, 6.45) is 0. The summed E-state index contributed by atoms with van der Waals surface area (Å²) < 4.78 is 0. The first kappa shape index (κ1) is 20.6. The zero-order valence-electron chi connectivity index (χ0n) is 16.7. The number of nitrogens with one attached hydrogen (secondary N) is 1. The number of halogens is 1. The molecule has 1 aliphatic rings. The topological polar surface area (TPSA) is 90.5 Å². The molecule has 0 atom stereocenters. The number of amides is 2. The van der Waals surface area contributed by atoms with Crippen LogP contribution in [0, 0.1) is 5.41 Å². The number of nitrogen functional groups attached to an aromatic ring is 1. The smallest absolute Gasteiger partial charge is 0.254 e. The molecule has 1 heterocycles. The minimum absolute atomic E-state index is 0.000835. The van der Waals surface area contributed by atoms with Gasteiger partial charge in [0.2, 0.25) is 5.91 Å². The fraction of sp³-hybridized carbons (Fsp3) is 0.125. The van der Waals surface area contributed by atoms with E-state index in [9.17, 15) is 9.59 Å². The van der Waals surface area contributed by atoms with Crippen molar-refractivity contribution in [3.8, 4) is 0 Å². The van der Waals surface area contributed by atoms with Crippen molar-refractivity contribution in [2.75, 3.05) is 11.4 Å². The number of hydrogen-bond acceptors (Lipinski definition) is 3. The molecule has 7 heteroatoms. The summed E-state index contributed by atoms with van der Waals surface area (Å²) in [4.78, 5) is 29.5. The van der Waals surface area contributed by atoms with Crippen molar-refractivity contribution in [3.63, 3.8) is 0 Å². The highest BCUT2D eigenvalue weighted by atomic mass is 35.5. The molecule has 0 spiro atoms. The maximum Gasteiger partial charge on any atom is 0.254 e. The Morgan fingerprint density at radius 2 is 1.58 bits per heavy atom. The maximum absolute atomic E-state index is 13.2. The first-order valence-corrected chi connectivity index (χ1v) is 10.2. The Morgan fingerprint density at radius 3 is 2.26 bits per heavy atom. The van der Waals surface area contributed by atoms with E-state index in [2.05, 4.69) is 0 Å². The fourth-order valence-corrected chi connectivity index (χ4v) is 3.74. The van der Waals surface area contributed by atoms with Crippen LogP contribution in [0.1, 0.15) is 27.0 Å². The molecule has 3 N–H and O–H groups in total. The van der Waals surface area contributed by atoms with E-state index in [-0.39, 0.29) is 24.2 Å². The number of rotatable bonds is 4. The Kier molecular flexibility index (Phi) is 5.73. The van der Waals surface area contributed by atoms with Crippen LogP contribution in [0.2, 0.25) is 5.02 Å². The van der Waals surface area contributed by atoms with Crippen molar-refractivity contribution in [2.24, 2.45) is 5.73 Å². The van der Waals surface area contributed by atoms with Crippen molar-refractivity contribution >= 4 is 34.9 Å². The van der Waals surface area contributed by atoms with Gasteiger partial charge in [0.15, 0.2) is 0 Å². The number of nitrogens with zero attached hydrogens (tertiary/aromatic N) is 2. The molecule has 0 saturated heterocycles. The largest absolute Gasteiger partial charge is 0.384 e.